The Hall–Kier alpha value is -0.850. The van der Waals surface area contributed by atoms with Gasteiger partial charge in [0.1, 0.15) is 5.75 Å². The molecule has 1 aromatic carbocycles. The molecule has 1 unspecified atom stereocenters. The van der Waals surface area contributed by atoms with Crippen LogP contribution in [0.1, 0.15) is 23.0 Å². The quantitative estimate of drug-likeness (QED) is 0.806. The predicted molar refractivity (Wildman–Crippen MR) is 91.8 cm³/mol. The van der Waals surface area contributed by atoms with Crippen LogP contribution < -0.4 is 10.1 Å². The molecule has 1 N–H and O–H groups in total. The number of rotatable bonds is 5. The van der Waals surface area contributed by atoms with Gasteiger partial charge in [0.15, 0.2) is 0 Å². The van der Waals surface area contributed by atoms with E-state index in [4.69, 9.17) is 4.74 Å². The van der Waals surface area contributed by atoms with E-state index in [1.54, 1.807) is 7.11 Å². The first-order valence-corrected chi connectivity index (χ1v) is 8.25. The molecule has 0 saturated heterocycles. The number of halogens is 2. The highest BCUT2D eigenvalue weighted by Gasteiger charge is 2.20. The molecule has 1 atom stereocenters. The van der Waals surface area contributed by atoms with Crippen molar-refractivity contribution < 1.29 is 4.74 Å². The second-order valence-corrected chi connectivity index (χ2v) is 6.61. The van der Waals surface area contributed by atoms with Crippen LogP contribution in [0.5, 0.6) is 5.75 Å². The first-order chi connectivity index (χ1) is 9.97. The summed E-state index contributed by atoms with van der Waals surface area (Å²) < 4.78 is 9.51. The molecule has 0 fully saturated rings. The molecule has 6 heteroatoms. The van der Waals surface area contributed by atoms with Crippen molar-refractivity contribution in [3.8, 4) is 5.75 Å². The molecule has 1 heterocycles. The van der Waals surface area contributed by atoms with E-state index in [0.717, 1.165) is 38.1 Å². The van der Waals surface area contributed by atoms with Crippen LogP contribution in [0.25, 0.3) is 0 Å². The molecule has 21 heavy (non-hydrogen) atoms. The molecule has 0 aliphatic heterocycles. The summed E-state index contributed by atoms with van der Waals surface area (Å²) >= 11 is 7.11. The van der Waals surface area contributed by atoms with E-state index in [-0.39, 0.29) is 6.04 Å². The molecule has 2 aromatic rings. The van der Waals surface area contributed by atoms with Crippen LogP contribution in [-0.4, -0.2) is 23.9 Å². The van der Waals surface area contributed by atoms with E-state index in [1.165, 1.54) is 0 Å². The number of aromatic nitrogens is 2. The Morgan fingerprint density at radius 3 is 2.62 bits per heavy atom. The van der Waals surface area contributed by atoms with E-state index in [0.29, 0.717) is 0 Å². The molecule has 4 nitrogen and oxygen atoms in total. The first kappa shape index (κ1) is 16.5. The van der Waals surface area contributed by atoms with Gasteiger partial charge in [0.2, 0.25) is 0 Å². The summed E-state index contributed by atoms with van der Waals surface area (Å²) in [6.45, 7) is 2.00. The van der Waals surface area contributed by atoms with Crippen LogP contribution >= 0.6 is 31.9 Å². The number of benzene rings is 1. The van der Waals surface area contributed by atoms with Gasteiger partial charge in [-0.2, -0.15) is 5.10 Å². The van der Waals surface area contributed by atoms with E-state index >= 15 is 0 Å². The minimum atomic E-state index is 0.152. The average molecular weight is 417 g/mol. The van der Waals surface area contributed by atoms with Crippen molar-refractivity contribution in [1.82, 2.24) is 15.1 Å². The Morgan fingerprint density at radius 2 is 2.10 bits per heavy atom. The van der Waals surface area contributed by atoms with E-state index in [9.17, 15) is 0 Å². The van der Waals surface area contributed by atoms with E-state index in [1.807, 2.05) is 37.8 Å². The summed E-state index contributed by atoms with van der Waals surface area (Å²) in [6.07, 6.45) is 0.826. The fourth-order valence-corrected chi connectivity index (χ4v) is 3.27. The molecular weight excluding hydrogens is 398 g/mol. The lowest BCUT2D eigenvalue weighted by Gasteiger charge is -2.20. The van der Waals surface area contributed by atoms with Crippen molar-refractivity contribution in [2.45, 2.75) is 19.4 Å². The Bertz CT molecular complexity index is 640. The molecule has 114 valence electrons. The van der Waals surface area contributed by atoms with Crippen LogP contribution in [0.4, 0.5) is 0 Å². The van der Waals surface area contributed by atoms with Gasteiger partial charge in [0, 0.05) is 29.5 Å². The molecule has 0 aliphatic carbocycles. The Balaban J connectivity index is 2.36. The van der Waals surface area contributed by atoms with Crippen LogP contribution in [0.2, 0.25) is 0 Å². The molecule has 0 amide bonds. The lowest BCUT2D eigenvalue weighted by Crippen LogP contribution is -2.21. The van der Waals surface area contributed by atoms with Gasteiger partial charge >= 0.3 is 0 Å². The van der Waals surface area contributed by atoms with Gasteiger partial charge in [-0.25, -0.2) is 0 Å². The third-order valence-electron chi connectivity index (χ3n) is 3.58. The summed E-state index contributed by atoms with van der Waals surface area (Å²) in [4.78, 5) is 0. The number of hydrogen-bond acceptors (Lipinski definition) is 3. The average Bonchev–Trinajstić information content (AvgIpc) is 2.70. The maximum atomic E-state index is 5.51. The zero-order valence-corrected chi connectivity index (χ0v) is 15.7. The molecule has 0 radical (unpaired) electrons. The third-order valence-corrected chi connectivity index (χ3v) is 5.10. The zero-order chi connectivity index (χ0) is 15.6. The monoisotopic (exact) mass is 415 g/mol. The van der Waals surface area contributed by atoms with Gasteiger partial charge in [0.25, 0.3) is 0 Å². The lowest BCUT2D eigenvalue weighted by atomic mass is 10.0. The highest BCUT2D eigenvalue weighted by Crippen LogP contribution is 2.32. The molecule has 2 rings (SSSR count). The van der Waals surface area contributed by atoms with E-state index < -0.39 is 0 Å². The minimum Gasteiger partial charge on any atom is -0.496 e. The largest absolute Gasteiger partial charge is 0.496 e. The molecule has 0 bridgehead atoms. The van der Waals surface area contributed by atoms with Crippen molar-refractivity contribution in [2.75, 3.05) is 14.2 Å². The fourth-order valence-electron chi connectivity index (χ4n) is 2.44. The van der Waals surface area contributed by atoms with Crippen molar-refractivity contribution in [3.63, 3.8) is 0 Å². The number of hydrogen-bond donors (Lipinski definition) is 1. The number of methoxy groups -OCH3 is 1. The molecule has 1 aromatic heterocycles. The maximum Gasteiger partial charge on any atom is 0.124 e. The predicted octanol–water partition coefficient (Wildman–Crippen LogP) is 3.77. The number of ether oxygens (including phenoxy) is 1. The molecule has 0 spiro atoms. The highest BCUT2D eigenvalue weighted by molar-refractivity contribution is 9.10. The van der Waals surface area contributed by atoms with E-state index in [2.05, 4.69) is 48.3 Å². The third kappa shape index (κ3) is 3.49. The summed E-state index contributed by atoms with van der Waals surface area (Å²) in [7, 11) is 5.63. The zero-order valence-electron chi connectivity index (χ0n) is 12.6. The Morgan fingerprint density at radius 1 is 1.38 bits per heavy atom. The molecule has 0 saturated carbocycles. The number of nitrogens with one attached hydrogen (secondary N) is 1. The van der Waals surface area contributed by atoms with Gasteiger partial charge in [-0.3, -0.25) is 4.68 Å². The maximum absolute atomic E-state index is 5.51. The van der Waals surface area contributed by atoms with Gasteiger partial charge < -0.3 is 10.1 Å². The fraction of sp³-hybridized carbons (Fsp3) is 0.400. The summed E-state index contributed by atoms with van der Waals surface area (Å²) in [6, 6.07) is 6.26. The van der Waals surface area contributed by atoms with Gasteiger partial charge in [0.05, 0.1) is 23.0 Å². The van der Waals surface area contributed by atoms with Crippen molar-refractivity contribution in [3.05, 3.63) is 44.1 Å². The lowest BCUT2D eigenvalue weighted by molar-refractivity contribution is 0.400. The number of likely N-dealkylation sites (N-methyl/N-ethyl adjacent to an activating group) is 1. The van der Waals surface area contributed by atoms with Gasteiger partial charge in [-0.05, 0) is 42.0 Å². The smallest absolute Gasteiger partial charge is 0.124 e. The molecule has 0 aliphatic rings. The van der Waals surface area contributed by atoms with Crippen molar-refractivity contribution in [1.29, 1.82) is 0 Å². The van der Waals surface area contributed by atoms with Crippen LogP contribution in [0, 0.1) is 6.92 Å². The summed E-state index contributed by atoms with van der Waals surface area (Å²) in [5.74, 6) is 0.874. The Labute approximate surface area is 142 Å². The van der Waals surface area contributed by atoms with Gasteiger partial charge in [-0.15, -0.1) is 0 Å². The normalized spacial score (nSPS) is 12.5. The summed E-state index contributed by atoms with van der Waals surface area (Å²) in [5, 5.41) is 7.82. The number of aryl methyl sites for hydroxylation is 2. The topological polar surface area (TPSA) is 39.1 Å². The highest BCUT2D eigenvalue weighted by atomic mass is 79.9. The van der Waals surface area contributed by atoms with Crippen molar-refractivity contribution >= 4 is 31.9 Å². The van der Waals surface area contributed by atoms with Gasteiger partial charge in [-0.1, -0.05) is 22.0 Å². The van der Waals surface area contributed by atoms with Crippen LogP contribution in [0.15, 0.2) is 27.1 Å². The Kier molecular flexibility index (Phi) is 5.46. The minimum absolute atomic E-state index is 0.152. The standard InChI is InChI=1S/C15H19Br2N3O/c1-9-15(17)13(20(3)19-9)8-12(18-2)11-6-5-10(16)7-14(11)21-4/h5-7,12,18H,8H2,1-4H3. The second kappa shape index (κ2) is 6.94. The first-order valence-electron chi connectivity index (χ1n) is 6.66. The van der Waals surface area contributed by atoms with Crippen molar-refractivity contribution in [2.24, 2.45) is 7.05 Å². The molecular formula is C15H19Br2N3O. The second-order valence-electron chi connectivity index (χ2n) is 4.90. The summed E-state index contributed by atoms with van der Waals surface area (Å²) in [5.41, 5.74) is 3.30. The number of nitrogens with zero attached hydrogens (tertiary/aromatic N) is 2. The van der Waals surface area contributed by atoms with Crippen LogP contribution in [0.3, 0.4) is 0 Å². The SMILES string of the molecule is CNC(Cc1c(Br)c(C)nn1C)c1ccc(Br)cc1OC. The van der Waals surface area contributed by atoms with Crippen LogP contribution in [-0.2, 0) is 13.5 Å².